The van der Waals surface area contributed by atoms with Crippen molar-refractivity contribution in [3.8, 4) is 11.4 Å². The van der Waals surface area contributed by atoms with Crippen molar-refractivity contribution in [1.29, 1.82) is 0 Å². The highest BCUT2D eigenvalue weighted by Gasteiger charge is 2.13. The summed E-state index contributed by atoms with van der Waals surface area (Å²) in [6.07, 6.45) is 4.17. The van der Waals surface area contributed by atoms with Crippen molar-refractivity contribution in [2.45, 2.75) is 5.16 Å². The minimum absolute atomic E-state index is 0.645. The molecule has 0 aliphatic rings. The molecule has 0 unspecified atom stereocenters. The number of hydrogen-bond acceptors (Lipinski definition) is 4. The first-order chi connectivity index (χ1) is 11.3. The molecule has 1 aromatic heterocycles. The molecule has 23 heavy (non-hydrogen) atoms. The summed E-state index contributed by atoms with van der Waals surface area (Å²) in [5, 5.41) is 9.06. The summed E-state index contributed by atoms with van der Waals surface area (Å²) in [5.74, 6) is 7.55. The Morgan fingerprint density at radius 3 is 2.57 bits per heavy atom. The smallest absolute Gasteiger partial charge is 0.210 e. The van der Waals surface area contributed by atoms with Gasteiger partial charge in [-0.25, -0.2) is 4.68 Å². The molecular weight excluding hydrogens is 372 g/mol. The van der Waals surface area contributed by atoms with Gasteiger partial charge in [0, 0.05) is 15.8 Å². The summed E-state index contributed by atoms with van der Waals surface area (Å²) in [6, 6.07) is 18.0. The summed E-state index contributed by atoms with van der Waals surface area (Å²) >= 11 is 5.06. The predicted molar refractivity (Wildman–Crippen MR) is 99.5 cm³/mol. The fraction of sp³-hybridized carbons (Fsp3) is 0.0588. The Labute approximate surface area is 147 Å². The van der Waals surface area contributed by atoms with Crippen LogP contribution in [0, 0.1) is 0 Å². The lowest BCUT2D eigenvalue weighted by molar-refractivity contribution is 0.851. The molecule has 0 saturated carbocycles. The third kappa shape index (κ3) is 3.83. The third-order valence-corrected chi connectivity index (χ3v) is 4.78. The molecule has 0 bridgehead atoms. The minimum Gasteiger partial charge on any atom is -0.335 e. The summed E-state index contributed by atoms with van der Waals surface area (Å²) in [5.41, 5.74) is 2.10. The Bertz CT molecular complexity index is 814. The molecule has 0 spiro atoms. The zero-order valence-electron chi connectivity index (χ0n) is 12.3. The number of nitrogen functional groups attached to an aromatic ring is 1. The highest BCUT2D eigenvalue weighted by Crippen LogP contribution is 2.27. The first kappa shape index (κ1) is 15.8. The van der Waals surface area contributed by atoms with Gasteiger partial charge in [0.2, 0.25) is 5.16 Å². The van der Waals surface area contributed by atoms with Crippen molar-refractivity contribution in [2.75, 3.05) is 11.6 Å². The predicted octanol–water partition coefficient (Wildman–Crippen LogP) is 4.23. The van der Waals surface area contributed by atoms with Crippen molar-refractivity contribution < 1.29 is 0 Å². The van der Waals surface area contributed by atoms with E-state index in [9.17, 15) is 0 Å². The minimum atomic E-state index is 0.645. The highest BCUT2D eigenvalue weighted by molar-refractivity contribution is 9.10. The quantitative estimate of drug-likeness (QED) is 0.526. The Kier molecular flexibility index (Phi) is 5.15. The maximum Gasteiger partial charge on any atom is 0.210 e. The fourth-order valence-corrected chi connectivity index (χ4v) is 3.20. The standard InChI is InChI=1S/C17H15BrN4S/c18-15-11-5-4-10-14(15)16-20-21-17(22(16)19)23-12-6-9-13-7-2-1-3-8-13/h1-11H,12,19H2/b9-6+. The average molecular weight is 387 g/mol. The first-order valence-corrected chi connectivity index (χ1v) is 8.83. The molecule has 1 heterocycles. The van der Waals surface area contributed by atoms with Gasteiger partial charge < -0.3 is 5.84 Å². The van der Waals surface area contributed by atoms with E-state index in [0.29, 0.717) is 11.0 Å². The van der Waals surface area contributed by atoms with Crippen LogP contribution in [0.25, 0.3) is 17.5 Å². The molecule has 2 aromatic carbocycles. The normalized spacial score (nSPS) is 11.2. The topological polar surface area (TPSA) is 56.7 Å². The second-order valence-electron chi connectivity index (χ2n) is 4.78. The number of hydrogen-bond donors (Lipinski definition) is 1. The van der Waals surface area contributed by atoms with Crippen molar-refractivity contribution in [3.05, 3.63) is 70.7 Å². The number of aromatic nitrogens is 3. The van der Waals surface area contributed by atoms with E-state index in [1.54, 1.807) is 11.8 Å². The van der Waals surface area contributed by atoms with Crippen molar-refractivity contribution in [1.82, 2.24) is 14.9 Å². The van der Waals surface area contributed by atoms with Crippen LogP contribution in [0.2, 0.25) is 0 Å². The van der Waals surface area contributed by atoms with Gasteiger partial charge in [-0.2, -0.15) is 0 Å². The number of nitrogens with two attached hydrogens (primary N) is 1. The van der Waals surface area contributed by atoms with E-state index in [4.69, 9.17) is 5.84 Å². The number of thioether (sulfide) groups is 1. The molecule has 0 fully saturated rings. The van der Waals surface area contributed by atoms with Crippen LogP contribution in [0.1, 0.15) is 5.56 Å². The van der Waals surface area contributed by atoms with Crippen molar-refractivity contribution in [2.24, 2.45) is 0 Å². The first-order valence-electron chi connectivity index (χ1n) is 7.05. The second-order valence-corrected chi connectivity index (χ2v) is 6.62. The van der Waals surface area contributed by atoms with Gasteiger partial charge >= 0.3 is 0 Å². The summed E-state index contributed by atoms with van der Waals surface area (Å²) in [6.45, 7) is 0. The van der Waals surface area contributed by atoms with E-state index in [1.807, 2.05) is 42.5 Å². The van der Waals surface area contributed by atoms with Gasteiger partial charge in [0.15, 0.2) is 5.82 Å². The maximum absolute atomic E-state index is 6.12. The monoisotopic (exact) mass is 386 g/mol. The lowest BCUT2D eigenvalue weighted by Crippen LogP contribution is -2.11. The van der Waals surface area contributed by atoms with Crippen LogP contribution >= 0.6 is 27.7 Å². The van der Waals surface area contributed by atoms with Gasteiger partial charge in [0.25, 0.3) is 0 Å². The molecule has 6 heteroatoms. The van der Waals surface area contributed by atoms with E-state index in [0.717, 1.165) is 15.8 Å². The van der Waals surface area contributed by atoms with Gasteiger partial charge in [0.05, 0.1) is 0 Å². The average Bonchev–Trinajstić information content (AvgIpc) is 2.94. The Hall–Kier alpha value is -2.05. The Balaban J connectivity index is 1.68. The second kappa shape index (κ2) is 7.48. The Morgan fingerprint density at radius 1 is 1.04 bits per heavy atom. The lowest BCUT2D eigenvalue weighted by atomic mass is 10.2. The molecular formula is C17H15BrN4S. The zero-order chi connectivity index (χ0) is 16.1. The van der Waals surface area contributed by atoms with Crippen LogP contribution in [0.3, 0.4) is 0 Å². The number of halogens is 1. The van der Waals surface area contributed by atoms with E-state index in [2.05, 4.69) is 50.4 Å². The van der Waals surface area contributed by atoms with E-state index in [-0.39, 0.29) is 0 Å². The van der Waals surface area contributed by atoms with Crippen molar-refractivity contribution >= 4 is 33.8 Å². The molecule has 0 aliphatic carbocycles. The molecule has 0 radical (unpaired) electrons. The van der Waals surface area contributed by atoms with Crippen LogP contribution in [-0.2, 0) is 0 Å². The summed E-state index contributed by atoms with van der Waals surface area (Å²) in [7, 11) is 0. The van der Waals surface area contributed by atoms with Gasteiger partial charge in [-0.05, 0) is 17.7 Å². The molecule has 4 nitrogen and oxygen atoms in total. The number of nitrogens with zero attached hydrogens (tertiary/aromatic N) is 3. The number of rotatable bonds is 5. The van der Waals surface area contributed by atoms with E-state index < -0.39 is 0 Å². The molecule has 0 saturated heterocycles. The number of benzene rings is 2. The van der Waals surface area contributed by atoms with Crippen LogP contribution < -0.4 is 5.84 Å². The highest BCUT2D eigenvalue weighted by atomic mass is 79.9. The van der Waals surface area contributed by atoms with E-state index in [1.165, 1.54) is 10.2 Å². The molecule has 116 valence electrons. The Morgan fingerprint density at radius 2 is 1.78 bits per heavy atom. The molecule has 3 aromatic rings. The van der Waals surface area contributed by atoms with Crippen LogP contribution in [0.4, 0.5) is 0 Å². The largest absolute Gasteiger partial charge is 0.335 e. The lowest BCUT2D eigenvalue weighted by Gasteiger charge is -2.04. The molecule has 3 rings (SSSR count). The van der Waals surface area contributed by atoms with Gasteiger partial charge in [0.1, 0.15) is 0 Å². The van der Waals surface area contributed by atoms with Crippen LogP contribution in [0.5, 0.6) is 0 Å². The maximum atomic E-state index is 6.12. The fourth-order valence-electron chi connectivity index (χ4n) is 2.07. The van der Waals surface area contributed by atoms with Crippen LogP contribution in [0.15, 0.2) is 70.3 Å². The SMILES string of the molecule is Nn1c(SC/C=C/c2ccccc2)nnc1-c1ccccc1Br. The van der Waals surface area contributed by atoms with Gasteiger partial charge in [-0.3, -0.25) is 0 Å². The summed E-state index contributed by atoms with van der Waals surface area (Å²) in [4.78, 5) is 0. The van der Waals surface area contributed by atoms with E-state index >= 15 is 0 Å². The van der Waals surface area contributed by atoms with Crippen LogP contribution in [-0.4, -0.2) is 20.6 Å². The van der Waals surface area contributed by atoms with Crippen molar-refractivity contribution in [3.63, 3.8) is 0 Å². The molecule has 0 atom stereocenters. The third-order valence-electron chi connectivity index (χ3n) is 3.20. The molecule has 0 aliphatic heterocycles. The zero-order valence-corrected chi connectivity index (χ0v) is 14.7. The molecule has 2 N–H and O–H groups in total. The molecule has 0 amide bonds. The van der Waals surface area contributed by atoms with Gasteiger partial charge in [-0.1, -0.05) is 82.3 Å². The van der Waals surface area contributed by atoms with Gasteiger partial charge in [-0.15, -0.1) is 10.2 Å². The summed E-state index contributed by atoms with van der Waals surface area (Å²) < 4.78 is 2.47.